The minimum atomic E-state index is -0.933. The molecule has 6 heteroatoms. The van der Waals surface area contributed by atoms with Gasteiger partial charge in [0.1, 0.15) is 0 Å². The first-order chi connectivity index (χ1) is 10.4. The van der Waals surface area contributed by atoms with E-state index in [0.717, 1.165) is 11.3 Å². The molecule has 2 unspecified atom stereocenters. The van der Waals surface area contributed by atoms with Crippen molar-refractivity contribution in [3.05, 3.63) is 36.4 Å². The van der Waals surface area contributed by atoms with Crippen molar-refractivity contribution in [1.29, 1.82) is 0 Å². The van der Waals surface area contributed by atoms with E-state index < -0.39 is 23.2 Å². The predicted octanol–water partition coefficient (Wildman–Crippen LogP) is 2.37. The smallest absolute Gasteiger partial charge is 0.307 e. The number of anilines is 1. The Balaban J connectivity index is 1.71. The van der Waals surface area contributed by atoms with Crippen LogP contribution in [0.15, 0.2) is 36.4 Å². The summed E-state index contributed by atoms with van der Waals surface area (Å²) in [6.07, 6.45) is 0. The number of nitrogens with one attached hydrogen (secondary N) is 2. The van der Waals surface area contributed by atoms with Crippen LogP contribution >= 0.6 is 0 Å². The number of carbonyl (C=O) groups excluding carboxylic acids is 1. The molecule has 0 aliphatic heterocycles. The molecule has 0 radical (unpaired) electrons. The largest absolute Gasteiger partial charge is 0.481 e. The highest BCUT2D eigenvalue weighted by Crippen LogP contribution is 2.58. The lowest BCUT2D eigenvalue weighted by molar-refractivity contribution is -0.140. The van der Waals surface area contributed by atoms with Crippen LogP contribution in [0.3, 0.4) is 0 Å². The summed E-state index contributed by atoms with van der Waals surface area (Å²) < 4.78 is 0. The lowest BCUT2D eigenvalue weighted by atomic mass is 10.1. The van der Waals surface area contributed by atoms with Crippen LogP contribution in [0.1, 0.15) is 13.8 Å². The van der Waals surface area contributed by atoms with Crippen LogP contribution in [0.5, 0.6) is 0 Å². The third kappa shape index (κ3) is 2.36. The van der Waals surface area contributed by atoms with Gasteiger partial charge in [-0.15, -0.1) is 0 Å². The number of aromatic amines is 1. The van der Waals surface area contributed by atoms with E-state index in [0.29, 0.717) is 5.82 Å². The number of nitrogens with zero attached hydrogens (tertiary/aromatic N) is 1. The summed E-state index contributed by atoms with van der Waals surface area (Å²) >= 11 is 0. The van der Waals surface area contributed by atoms with Gasteiger partial charge in [-0.05, 0) is 11.0 Å². The number of hydrogen-bond donors (Lipinski definition) is 3. The van der Waals surface area contributed by atoms with Gasteiger partial charge in [0.25, 0.3) is 0 Å². The van der Waals surface area contributed by atoms with Gasteiger partial charge in [0.15, 0.2) is 5.82 Å². The maximum Gasteiger partial charge on any atom is 0.307 e. The molecule has 1 aromatic heterocycles. The number of carboxylic acid groups (broad SMARTS) is 1. The number of hydrogen-bond acceptors (Lipinski definition) is 3. The topological polar surface area (TPSA) is 95.1 Å². The van der Waals surface area contributed by atoms with Gasteiger partial charge in [-0.25, -0.2) is 0 Å². The van der Waals surface area contributed by atoms with Crippen LogP contribution in [0.4, 0.5) is 5.82 Å². The SMILES string of the molecule is CC1(C)C(C(=O)O)C1C(=O)Nc1cc(-c2ccccc2)[nH]n1. The molecule has 1 aliphatic carbocycles. The molecule has 1 aromatic carbocycles. The van der Waals surface area contributed by atoms with Crippen LogP contribution in [0.25, 0.3) is 11.3 Å². The van der Waals surface area contributed by atoms with Crippen LogP contribution in [0.2, 0.25) is 0 Å². The van der Waals surface area contributed by atoms with Crippen molar-refractivity contribution >= 4 is 17.7 Å². The monoisotopic (exact) mass is 299 g/mol. The van der Waals surface area contributed by atoms with Gasteiger partial charge in [0.05, 0.1) is 17.5 Å². The standard InChI is InChI=1S/C16H17N3O3/c1-16(2)12(13(16)15(21)22)14(20)17-11-8-10(18-19-11)9-6-4-3-5-7-9/h3-8,12-13H,1-2H3,(H,21,22)(H2,17,18,19,20). The number of amides is 1. The van der Waals surface area contributed by atoms with Crippen molar-refractivity contribution in [2.45, 2.75) is 13.8 Å². The Morgan fingerprint density at radius 1 is 1.23 bits per heavy atom. The van der Waals surface area contributed by atoms with Crippen molar-refractivity contribution in [2.24, 2.45) is 17.3 Å². The molecule has 1 saturated carbocycles. The molecule has 2 aromatic rings. The predicted molar refractivity (Wildman–Crippen MR) is 81.1 cm³/mol. The molecule has 1 heterocycles. The normalized spacial score (nSPS) is 22.1. The molecule has 3 N–H and O–H groups in total. The van der Waals surface area contributed by atoms with Gasteiger partial charge in [-0.2, -0.15) is 5.10 Å². The zero-order valence-corrected chi connectivity index (χ0v) is 12.3. The van der Waals surface area contributed by atoms with Crippen molar-refractivity contribution in [3.63, 3.8) is 0 Å². The highest BCUT2D eigenvalue weighted by Gasteiger charge is 2.65. The fourth-order valence-electron chi connectivity index (χ4n) is 2.94. The molecule has 2 atom stereocenters. The number of benzene rings is 1. The van der Waals surface area contributed by atoms with E-state index in [4.69, 9.17) is 5.11 Å². The third-order valence-electron chi connectivity index (χ3n) is 4.29. The minimum absolute atomic E-state index is 0.302. The first-order valence-electron chi connectivity index (χ1n) is 7.06. The van der Waals surface area contributed by atoms with Gasteiger partial charge >= 0.3 is 5.97 Å². The van der Waals surface area contributed by atoms with Crippen molar-refractivity contribution in [2.75, 3.05) is 5.32 Å². The zero-order valence-electron chi connectivity index (χ0n) is 12.3. The van der Waals surface area contributed by atoms with Gasteiger partial charge in [0.2, 0.25) is 5.91 Å². The first-order valence-corrected chi connectivity index (χ1v) is 7.06. The van der Waals surface area contributed by atoms with E-state index in [2.05, 4.69) is 15.5 Å². The van der Waals surface area contributed by atoms with E-state index in [1.807, 2.05) is 30.3 Å². The second kappa shape index (κ2) is 4.98. The van der Waals surface area contributed by atoms with Gasteiger partial charge in [-0.3, -0.25) is 14.7 Å². The Bertz CT molecular complexity index is 721. The second-order valence-corrected chi connectivity index (χ2v) is 6.14. The third-order valence-corrected chi connectivity index (χ3v) is 4.29. The van der Waals surface area contributed by atoms with Crippen molar-refractivity contribution in [1.82, 2.24) is 10.2 Å². The fourth-order valence-corrected chi connectivity index (χ4v) is 2.94. The maximum atomic E-state index is 12.2. The summed E-state index contributed by atoms with van der Waals surface area (Å²) in [4.78, 5) is 23.4. The van der Waals surface area contributed by atoms with E-state index >= 15 is 0 Å². The molecule has 1 fully saturated rings. The lowest BCUT2D eigenvalue weighted by Gasteiger charge is -2.02. The Kier molecular flexibility index (Phi) is 3.24. The average molecular weight is 299 g/mol. The van der Waals surface area contributed by atoms with Crippen LogP contribution < -0.4 is 5.32 Å². The van der Waals surface area contributed by atoms with E-state index in [-0.39, 0.29) is 5.91 Å². The highest BCUT2D eigenvalue weighted by atomic mass is 16.4. The summed E-state index contributed by atoms with van der Waals surface area (Å²) in [5.74, 6) is -2.00. The molecule has 0 bridgehead atoms. The van der Waals surface area contributed by atoms with E-state index in [1.54, 1.807) is 19.9 Å². The van der Waals surface area contributed by atoms with Crippen molar-refractivity contribution in [3.8, 4) is 11.3 Å². The molecule has 1 aliphatic rings. The summed E-state index contributed by atoms with van der Waals surface area (Å²) in [6.45, 7) is 3.58. The quantitative estimate of drug-likeness (QED) is 0.807. The van der Waals surface area contributed by atoms with Crippen LogP contribution in [0, 0.1) is 17.3 Å². The molecular formula is C16H17N3O3. The lowest BCUT2D eigenvalue weighted by Crippen LogP contribution is -2.17. The Labute approximate surface area is 127 Å². The summed E-state index contributed by atoms with van der Waals surface area (Å²) in [7, 11) is 0. The molecule has 6 nitrogen and oxygen atoms in total. The Hall–Kier alpha value is -2.63. The average Bonchev–Trinajstić information content (AvgIpc) is 2.82. The van der Waals surface area contributed by atoms with E-state index in [1.165, 1.54) is 0 Å². The first kappa shape index (κ1) is 14.3. The van der Waals surface area contributed by atoms with Crippen LogP contribution in [-0.2, 0) is 9.59 Å². The number of rotatable bonds is 4. The molecule has 22 heavy (non-hydrogen) atoms. The Morgan fingerprint density at radius 3 is 2.50 bits per heavy atom. The molecule has 114 valence electrons. The highest BCUT2D eigenvalue weighted by molar-refractivity contribution is 5.99. The number of carboxylic acids is 1. The maximum absolute atomic E-state index is 12.2. The number of carbonyl (C=O) groups is 2. The van der Waals surface area contributed by atoms with E-state index in [9.17, 15) is 9.59 Å². The molecular weight excluding hydrogens is 282 g/mol. The van der Waals surface area contributed by atoms with Gasteiger partial charge in [-0.1, -0.05) is 44.2 Å². The van der Waals surface area contributed by atoms with Gasteiger partial charge < -0.3 is 10.4 Å². The fraction of sp³-hybridized carbons (Fsp3) is 0.312. The molecule has 3 rings (SSSR count). The Morgan fingerprint density at radius 2 is 1.91 bits per heavy atom. The van der Waals surface area contributed by atoms with Crippen molar-refractivity contribution < 1.29 is 14.7 Å². The zero-order chi connectivity index (χ0) is 15.9. The number of aromatic nitrogens is 2. The van der Waals surface area contributed by atoms with Gasteiger partial charge in [0, 0.05) is 6.07 Å². The summed E-state index contributed by atoms with van der Waals surface area (Å²) in [5.41, 5.74) is 1.24. The second-order valence-electron chi connectivity index (χ2n) is 6.14. The molecule has 0 saturated heterocycles. The van der Waals surface area contributed by atoms with Crippen LogP contribution in [-0.4, -0.2) is 27.2 Å². The molecule has 1 amide bonds. The summed E-state index contributed by atoms with van der Waals surface area (Å²) in [5, 5.41) is 18.7. The minimum Gasteiger partial charge on any atom is -0.481 e. The number of aliphatic carboxylic acids is 1. The summed E-state index contributed by atoms with van der Waals surface area (Å²) in [6, 6.07) is 11.4. The molecule has 0 spiro atoms. The number of H-pyrrole nitrogens is 1.